The minimum absolute atomic E-state index is 0.00476. The topological polar surface area (TPSA) is 55.8 Å². The Hall–Kier alpha value is -2.62. The van der Waals surface area contributed by atoms with Crippen LogP contribution in [0.2, 0.25) is 5.02 Å². The molecule has 1 N–H and O–H groups in total. The molecule has 1 aliphatic rings. The smallest absolute Gasteiger partial charge is 0.482 e. The molecule has 0 aliphatic heterocycles. The van der Waals surface area contributed by atoms with Gasteiger partial charge in [-0.1, -0.05) is 23.7 Å². The zero-order valence-corrected chi connectivity index (χ0v) is 17.0. The number of hydrogen-bond acceptors (Lipinski definition) is 3. The van der Waals surface area contributed by atoms with Crippen LogP contribution in [0.25, 0.3) is 11.1 Å². The molecular weight excluding hydrogens is 466 g/mol. The Bertz CT molecular complexity index is 972. The third kappa shape index (κ3) is 6.69. The van der Waals surface area contributed by atoms with Gasteiger partial charge in [0.25, 0.3) is 0 Å². The van der Waals surface area contributed by atoms with Gasteiger partial charge in [-0.15, -0.1) is 13.2 Å². The molecule has 0 spiro atoms. The predicted octanol–water partition coefficient (Wildman–Crippen LogP) is 6.82. The van der Waals surface area contributed by atoms with E-state index in [0.717, 1.165) is 12.1 Å². The molecule has 0 aromatic heterocycles. The molecule has 1 saturated carbocycles. The zero-order valence-electron chi connectivity index (χ0n) is 16.3. The van der Waals surface area contributed by atoms with E-state index in [4.69, 9.17) is 21.4 Å². The van der Waals surface area contributed by atoms with Crippen LogP contribution in [0.5, 0.6) is 11.5 Å². The maximum absolute atomic E-state index is 12.7. The molecule has 1 fully saturated rings. The Balaban J connectivity index is 1.92. The van der Waals surface area contributed by atoms with Crippen LogP contribution >= 0.6 is 11.6 Å². The SMILES string of the molecule is O=C(O)CCC1CC1c1cc(Cl)c(OCC(F)(F)F)c(-c2ccc(OC(F)(F)F)cc2)c1. The lowest BCUT2D eigenvalue weighted by Gasteiger charge is -2.17. The van der Waals surface area contributed by atoms with Gasteiger partial charge in [-0.3, -0.25) is 4.79 Å². The molecule has 0 radical (unpaired) electrons. The number of carboxylic acid groups (broad SMARTS) is 1. The Morgan fingerprint density at radius 2 is 1.75 bits per heavy atom. The van der Waals surface area contributed by atoms with Crippen molar-refractivity contribution >= 4 is 17.6 Å². The van der Waals surface area contributed by atoms with Crippen LogP contribution in [0.1, 0.15) is 30.7 Å². The van der Waals surface area contributed by atoms with E-state index >= 15 is 0 Å². The minimum atomic E-state index is -4.89. The summed E-state index contributed by atoms with van der Waals surface area (Å²) in [5, 5.41) is 8.75. The van der Waals surface area contributed by atoms with Gasteiger partial charge in [0.1, 0.15) is 11.5 Å². The quantitative estimate of drug-likeness (QED) is 0.420. The van der Waals surface area contributed by atoms with Crippen LogP contribution in [0.4, 0.5) is 26.3 Å². The first-order valence-corrected chi connectivity index (χ1v) is 9.81. The monoisotopic (exact) mass is 482 g/mol. The average Bonchev–Trinajstić information content (AvgIpc) is 3.43. The highest BCUT2D eigenvalue weighted by Crippen LogP contribution is 2.52. The van der Waals surface area contributed by atoms with Gasteiger partial charge in [0.15, 0.2) is 6.61 Å². The van der Waals surface area contributed by atoms with E-state index < -0.39 is 30.9 Å². The largest absolute Gasteiger partial charge is 0.573 e. The lowest BCUT2D eigenvalue weighted by Crippen LogP contribution is -2.19. The lowest BCUT2D eigenvalue weighted by atomic mass is 9.98. The summed E-state index contributed by atoms with van der Waals surface area (Å²) in [6, 6.07) is 7.62. The summed E-state index contributed by atoms with van der Waals surface area (Å²) in [7, 11) is 0. The Morgan fingerprint density at radius 3 is 2.31 bits per heavy atom. The van der Waals surface area contributed by atoms with Gasteiger partial charge in [-0.25, -0.2) is 0 Å². The van der Waals surface area contributed by atoms with E-state index in [2.05, 4.69) is 4.74 Å². The van der Waals surface area contributed by atoms with Crippen LogP contribution in [0.3, 0.4) is 0 Å². The van der Waals surface area contributed by atoms with E-state index in [1.54, 1.807) is 6.07 Å². The molecule has 32 heavy (non-hydrogen) atoms. The highest BCUT2D eigenvalue weighted by atomic mass is 35.5. The molecule has 11 heteroatoms. The highest BCUT2D eigenvalue weighted by molar-refractivity contribution is 6.32. The molecule has 2 unspecified atom stereocenters. The van der Waals surface area contributed by atoms with Crippen molar-refractivity contribution in [3.05, 3.63) is 47.0 Å². The van der Waals surface area contributed by atoms with Crippen molar-refractivity contribution in [3.8, 4) is 22.6 Å². The van der Waals surface area contributed by atoms with Crippen molar-refractivity contribution in [2.45, 2.75) is 37.7 Å². The summed E-state index contributed by atoms with van der Waals surface area (Å²) in [6.07, 6.45) is -8.37. The maximum Gasteiger partial charge on any atom is 0.573 e. The molecule has 0 bridgehead atoms. The van der Waals surface area contributed by atoms with E-state index in [1.807, 2.05) is 0 Å². The molecule has 4 nitrogen and oxygen atoms in total. The number of carbonyl (C=O) groups is 1. The van der Waals surface area contributed by atoms with Crippen LogP contribution < -0.4 is 9.47 Å². The molecule has 2 aromatic rings. The molecule has 174 valence electrons. The number of aliphatic carboxylic acids is 1. The van der Waals surface area contributed by atoms with Gasteiger partial charge in [0.2, 0.25) is 0 Å². The second-order valence-corrected chi connectivity index (χ2v) is 7.80. The van der Waals surface area contributed by atoms with E-state index in [9.17, 15) is 31.1 Å². The number of halogens is 7. The molecule has 3 rings (SSSR count). The fourth-order valence-electron chi connectivity index (χ4n) is 3.46. The number of carboxylic acids is 1. The summed E-state index contributed by atoms with van der Waals surface area (Å²) >= 11 is 6.22. The summed E-state index contributed by atoms with van der Waals surface area (Å²) < 4.78 is 84.0. The molecule has 0 heterocycles. The van der Waals surface area contributed by atoms with Crippen LogP contribution in [-0.2, 0) is 4.79 Å². The first-order valence-electron chi connectivity index (χ1n) is 9.43. The predicted molar refractivity (Wildman–Crippen MR) is 103 cm³/mol. The fourth-order valence-corrected chi connectivity index (χ4v) is 3.75. The van der Waals surface area contributed by atoms with Gasteiger partial charge in [0.05, 0.1) is 5.02 Å². The molecule has 0 saturated heterocycles. The Morgan fingerprint density at radius 1 is 1.09 bits per heavy atom. The number of rotatable bonds is 8. The Kier molecular flexibility index (Phi) is 6.83. The van der Waals surface area contributed by atoms with Crippen molar-refractivity contribution in [1.82, 2.24) is 0 Å². The second kappa shape index (κ2) is 9.09. The normalized spacial score (nSPS) is 18.3. The molecule has 1 aliphatic carbocycles. The van der Waals surface area contributed by atoms with E-state index in [1.165, 1.54) is 18.2 Å². The first kappa shape index (κ1) is 24.0. The Labute approximate surface area is 183 Å². The number of hydrogen-bond donors (Lipinski definition) is 1. The average molecular weight is 483 g/mol. The fraction of sp³-hybridized carbons (Fsp3) is 0.381. The van der Waals surface area contributed by atoms with Gasteiger partial charge < -0.3 is 14.6 Å². The lowest BCUT2D eigenvalue weighted by molar-refractivity contribution is -0.274. The molecular formula is C21H17ClF6O4. The highest BCUT2D eigenvalue weighted by Gasteiger charge is 2.39. The summed E-state index contributed by atoms with van der Waals surface area (Å²) in [6.45, 7) is -1.60. The summed E-state index contributed by atoms with van der Waals surface area (Å²) in [5.74, 6) is -1.58. The summed E-state index contributed by atoms with van der Waals surface area (Å²) in [4.78, 5) is 10.8. The van der Waals surface area contributed by atoms with Crippen LogP contribution in [0, 0.1) is 5.92 Å². The van der Waals surface area contributed by atoms with Gasteiger partial charge in [-0.05, 0) is 60.1 Å². The van der Waals surface area contributed by atoms with E-state index in [-0.39, 0.29) is 40.2 Å². The van der Waals surface area contributed by atoms with E-state index in [0.29, 0.717) is 18.4 Å². The van der Waals surface area contributed by atoms with Crippen LogP contribution in [0.15, 0.2) is 36.4 Å². The third-order valence-corrected chi connectivity index (χ3v) is 5.21. The standard InChI is InChI=1S/C21H17ClF6O4/c22-17-9-13(15-7-12(15)3-6-18(29)30)8-16(19(17)31-10-20(23,24)25)11-1-4-14(5-2-11)32-21(26,27)28/h1-2,4-5,8-9,12,15H,3,6-7,10H2,(H,29,30). The number of alkyl halides is 6. The zero-order chi connectivity index (χ0) is 23.7. The van der Waals surface area contributed by atoms with Crippen LogP contribution in [-0.4, -0.2) is 30.2 Å². The van der Waals surface area contributed by atoms with Crippen molar-refractivity contribution < 1.29 is 45.7 Å². The van der Waals surface area contributed by atoms with Gasteiger partial charge in [-0.2, -0.15) is 13.2 Å². The molecule has 2 aromatic carbocycles. The first-order chi connectivity index (χ1) is 14.8. The summed E-state index contributed by atoms with van der Waals surface area (Å²) in [5.41, 5.74) is 1.15. The molecule has 2 atom stereocenters. The van der Waals surface area contributed by atoms with Crippen molar-refractivity contribution in [1.29, 1.82) is 0 Å². The second-order valence-electron chi connectivity index (χ2n) is 7.39. The van der Waals surface area contributed by atoms with Gasteiger partial charge in [0, 0.05) is 12.0 Å². The van der Waals surface area contributed by atoms with Crippen molar-refractivity contribution in [2.75, 3.05) is 6.61 Å². The van der Waals surface area contributed by atoms with Gasteiger partial charge >= 0.3 is 18.5 Å². The minimum Gasteiger partial charge on any atom is -0.482 e. The maximum atomic E-state index is 12.7. The number of benzene rings is 2. The van der Waals surface area contributed by atoms with Crippen molar-refractivity contribution in [2.24, 2.45) is 5.92 Å². The van der Waals surface area contributed by atoms with Crippen molar-refractivity contribution in [3.63, 3.8) is 0 Å². The third-order valence-electron chi connectivity index (χ3n) is 4.92. The molecule has 0 amide bonds. The number of ether oxygens (including phenoxy) is 2.